The zero-order chi connectivity index (χ0) is 9.84. The Labute approximate surface area is 78.9 Å². The van der Waals surface area contributed by atoms with Gasteiger partial charge in [-0.3, -0.25) is 4.98 Å². The van der Waals surface area contributed by atoms with Crippen molar-refractivity contribution in [2.75, 3.05) is 5.32 Å². The van der Waals surface area contributed by atoms with Crippen LogP contribution in [0.5, 0.6) is 0 Å². The van der Waals surface area contributed by atoms with Crippen LogP contribution in [-0.2, 0) is 0 Å². The molecule has 0 aliphatic heterocycles. The van der Waals surface area contributed by atoms with Crippen molar-refractivity contribution >= 4 is 5.82 Å². The van der Waals surface area contributed by atoms with Gasteiger partial charge in [-0.1, -0.05) is 6.08 Å². The van der Waals surface area contributed by atoms with E-state index in [0.29, 0.717) is 0 Å². The van der Waals surface area contributed by atoms with E-state index in [1.807, 2.05) is 26.8 Å². The highest BCUT2D eigenvalue weighted by Gasteiger charge is 2.00. The van der Waals surface area contributed by atoms with Gasteiger partial charge in [0.05, 0.1) is 17.6 Å². The van der Waals surface area contributed by atoms with Crippen molar-refractivity contribution in [2.45, 2.75) is 26.8 Å². The summed E-state index contributed by atoms with van der Waals surface area (Å²) in [5.74, 6) is 0.801. The molecule has 0 aliphatic rings. The molecule has 1 aromatic rings. The fourth-order valence-electron chi connectivity index (χ4n) is 0.904. The van der Waals surface area contributed by atoms with E-state index in [4.69, 9.17) is 0 Å². The van der Waals surface area contributed by atoms with Crippen LogP contribution in [0.4, 0.5) is 5.82 Å². The number of hydrogen-bond acceptors (Lipinski definition) is 3. The molecule has 1 atom stereocenters. The fraction of sp³-hybridized carbons (Fsp3) is 0.400. The Balaban J connectivity index is 2.79. The van der Waals surface area contributed by atoms with E-state index < -0.39 is 0 Å². The molecule has 1 aromatic heterocycles. The molecule has 0 aromatic carbocycles. The molecule has 1 unspecified atom stereocenters. The van der Waals surface area contributed by atoms with E-state index in [1.165, 1.54) is 0 Å². The van der Waals surface area contributed by atoms with E-state index >= 15 is 0 Å². The molecule has 0 bridgehead atoms. The maximum atomic E-state index is 4.34. The summed E-state index contributed by atoms with van der Waals surface area (Å²) in [5.41, 5.74) is 1.93. The smallest absolute Gasteiger partial charge is 0.145 e. The molecule has 0 aliphatic carbocycles. The van der Waals surface area contributed by atoms with Crippen LogP contribution in [0.3, 0.4) is 0 Å². The highest BCUT2D eigenvalue weighted by atomic mass is 15.0. The van der Waals surface area contributed by atoms with Gasteiger partial charge in [-0.15, -0.1) is 6.58 Å². The lowest BCUT2D eigenvalue weighted by atomic mass is 10.3. The first-order valence-electron chi connectivity index (χ1n) is 4.33. The predicted octanol–water partition coefficient (Wildman–Crippen LogP) is 2.08. The third-order valence-corrected chi connectivity index (χ3v) is 1.92. The Hall–Kier alpha value is -1.38. The van der Waals surface area contributed by atoms with E-state index in [2.05, 4.69) is 21.9 Å². The van der Waals surface area contributed by atoms with Crippen molar-refractivity contribution in [3.05, 3.63) is 30.2 Å². The number of aryl methyl sites for hydroxylation is 2. The van der Waals surface area contributed by atoms with Crippen molar-refractivity contribution in [3.63, 3.8) is 0 Å². The standard InChI is InChI=1S/C10H15N3/c1-5-7(2)12-10-6-11-8(3)9(4)13-10/h5-7H,1H2,2-4H3,(H,12,13). The monoisotopic (exact) mass is 177 g/mol. The summed E-state index contributed by atoms with van der Waals surface area (Å²) in [4.78, 5) is 8.55. The van der Waals surface area contributed by atoms with Crippen molar-refractivity contribution in [1.29, 1.82) is 0 Å². The van der Waals surface area contributed by atoms with Crippen LogP contribution in [0.15, 0.2) is 18.9 Å². The zero-order valence-corrected chi connectivity index (χ0v) is 8.33. The summed E-state index contributed by atoms with van der Waals surface area (Å²) in [6.45, 7) is 9.60. The van der Waals surface area contributed by atoms with Gasteiger partial charge in [0.25, 0.3) is 0 Å². The van der Waals surface area contributed by atoms with Crippen LogP contribution < -0.4 is 5.32 Å². The minimum Gasteiger partial charge on any atom is -0.363 e. The molecule has 1 heterocycles. The predicted molar refractivity (Wildman–Crippen MR) is 54.8 cm³/mol. The average Bonchev–Trinajstić information content (AvgIpc) is 2.11. The Kier molecular flexibility index (Phi) is 3.01. The summed E-state index contributed by atoms with van der Waals surface area (Å²) < 4.78 is 0. The molecular weight excluding hydrogens is 162 g/mol. The summed E-state index contributed by atoms with van der Waals surface area (Å²) in [6, 6.07) is 0.219. The third kappa shape index (κ3) is 2.54. The quantitative estimate of drug-likeness (QED) is 0.718. The van der Waals surface area contributed by atoms with Gasteiger partial charge >= 0.3 is 0 Å². The van der Waals surface area contributed by atoms with Gasteiger partial charge in [-0.25, -0.2) is 4.98 Å². The first-order chi connectivity index (χ1) is 6.13. The van der Waals surface area contributed by atoms with Crippen LogP contribution >= 0.6 is 0 Å². The Morgan fingerprint density at radius 3 is 2.69 bits per heavy atom. The maximum Gasteiger partial charge on any atom is 0.145 e. The van der Waals surface area contributed by atoms with E-state index in [0.717, 1.165) is 17.2 Å². The van der Waals surface area contributed by atoms with Crippen LogP contribution in [0.2, 0.25) is 0 Å². The number of aromatic nitrogens is 2. The average molecular weight is 177 g/mol. The molecular formula is C10H15N3. The lowest BCUT2D eigenvalue weighted by Gasteiger charge is -2.10. The maximum absolute atomic E-state index is 4.34. The Morgan fingerprint density at radius 1 is 1.46 bits per heavy atom. The summed E-state index contributed by atoms with van der Waals surface area (Å²) in [7, 11) is 0. The summed E-state index contributed by atoms with van der Waals surface area (Å²) >= 11 is 0. The minimum atomic E-state index is 0.219. The van der Waals surface area contributed by atoms with Gasteiger partial charge < -0.3 is 5.32 Å². The topological polar surface area (TPSA) is 37.8 Å². The highest BCUT2D eigenvalue weighted by Crippen LogP contribution is 2.06. The number of hydrogen-bond donors (Lipinski definition) is 1. The second kappa shape index (κ2) is 4.03. The summed E-state index contributed by atoms with van der Waals surface area (Å²) in [5, 5.41) is 3.17. The van der Waals surface area contributed by atoms with Crippen LogP contribution in [0.25, 0.3) is 0 Å². The van der Waals surface area contributed by atoms with Gasteiger partial charge in [-0.2, -0.15) is 0 Å². The zero-order valence-electron chi connectivity index (χ0n) is 8.33. The number of nitrogens with one attached hydrogen (secondary N) is 1. The molecule has 70 valence electrons. The summed E-state index contributed by atoms with van der Waals surface area (Å²) in [6.07, 6.45) is 3.57. The molecule has 1 rings (SSSR count). The Morgan fingerprint density at radius 2 is 2.15 bits per heavy atom. The van der Waals surface area contributed by atoms with Crippen molar-refractivity contribution in [1.82, 2.24) is 9.97 Å². The Bertz CT molecular complexity index is 307. The molecule has 0 radical (unpaired) electrons. The number of rotatable bonds is 3. The minimum absolute atomic E-state index is 0.219. The van der Waals surface area contributed by atoms with E-state index in [9.17, 15) is 0 Å². The SMILES string of the molecule is C=CC(C)Nc1cnc(C)c(C)n1. The van der Waals surface area contributed by atoms with Crippen LogP contribution in [-0.4, -0.2) is 16.0 Å². The second-order valence-corrected chi connectivity index (χ2v) is 3.09. The molecule has 1 N–H and O–H groups in total. The van der Waals surface area contributed by atoms with Crippen molar-refractivity contribution in [2.24, 2.45) is 0 Å². The normalized spacial score (nSPS) is 12.2. The lowest BCUT2D eigenvalue weighted by molar-refractivity contribution is 0.955. The highest BCUT2D eigenvalue weighted by molar-refractivity contribution is 5.35. The molecule has 0 saturated carbocycles. The largest absolute Gasteiger partial charge is 0.363 e. The number of nitrogens with zero attached hydrogens (tertiary/aromatic N) is 2. The third-order valence-electron chi connectivity index (χ3n) is 1.92. The second-order valence-electron chi connectivity index (χ2n) is 3.09. The fourth-order valence-corrected chi connectivity index (χ4v) is 0.904. The van der Waals surface area contributed by atoms with Crippen molar-refractivity contribution < 1.29 is 0 Å². The molecule has 0 saturated heterocycles. The van der Waals surface area contributed by atoms with Crippen molar-refractivity contribution in [3.8, 4) is 0 Å². The molecule has 0 amide bonds. The molecule has 3 nitrogen and oxygen atoms in total. The lowest BCUT2D eigenvalue weighted by Crippen LogP contribution is -2.13. The molecule has 13 heavy (non-hydrogen) atoms. The van der Waals surface area contributed by atoms with Gasteiger partial charge in [0.2, 0.25) is 0 Å². The first kappa shape index (κ1) is 9.71. The first-order valence-corrected chi connectivity index (χ1v) is 4.33. The molecule has 0 fully saturated rings. The van der Waals surface area contributed by atoms with Gasteiger partial charge in [-0.05, 0) is 20.8 Å². The van der Waals surface area contributed by atoms with Crippen LogP contribution in [0.1, 0.15) is 18.3 Å². The number of anilines is 1. The van der Waals surface area contributed by atoms with Crippen LogP contribution in [0, 0.1) is 13.8 Å². The van der Waals surface area contributed by atoms with Gasteiger partial charge in [0.15, 0.2) is 0 Å². The van der Waals surface area contributed by atoms with E-state index in [1.54, 1.807) is 6.20 Å². The van der Waals surface area contributed by atoms with E-state index in [-0.39, 0.29) is 6.04 Å². The molecule has 3 heteroatoms. The molecule has 0 spiro atoms. The van der Waals surface area contributed by atoms with Gasteiger partial charge in [0.1, 0.15) is 5.82 Å². The van der Waals surface area contributed by atoms with Gasteiger partial charge in [0, 0.05) is 6.04 Å².